The van der Waals surface area contributed by atoms with Gasteiger partial charge in [-0.25, -0.2) is 0 Å². The molecular formula is C29H54N4. The van der Waals surface area contributed by atoms with Crippen molar-refractivity contribution in [1.29, 1.82) is 0 Å². The second-order valence-electron chi connectivity index (χ2n) is 14.1. The fourth-order valence-corrected chi connectivity index (χ4v) is 8.58. The summed E-state index contributed by atoms with van der Waals surface area (Å²) in [5, 5.41) is 0. The molecule has 0 amide bonds. The van der Waals surface area contributed by atoms with E-state index in [2.05, 4.69) is 54.2 Å². The van der Waals surface area contributed by atoms with Crippen LogP contribution in [0.1, 0.15) is 92.4 Å². The lowest BCUT2D eigenvalue weighted by Crippen LogP contribution is -2.58. The van der Waals surface area contributed by atoms with Crippen molar-refractivity contribution >= 4 is 0 Å². The number of likely N-dealkylation sites (tertiary alicyclic amines) is 4. The lowest BCUT2D eigenvalue weighted by Gasteiger charge is -2.50. The summed E-state index contributed by atoms with van der Waals surface area (Å²) in [6.45, 7) is 23.1. The summed E-state index contributed by atoms with van der Waals surface area (Å²) in [6.07, 6.45) is 12.9. The number of piperidine rings is 3. The molecule has 1 aliphatic carbocycles. The van der Waals surface area contributed by atoms with Crippen molar-refractivity contribution in [1.82, 2.24) is 19.6 Å². The van der Waals surface area contributed by atoms with Crippen molar-refractivity contribution in [2.45, 2.75) is 116 Å². The molecule has 2 unspecified atom stereocenters. The van der Waals surface area contributed by atoms with Crippen molar-refractivity contribution in [2.75, 3.05) is 52.4 Å². The first-order valence-electron chi connectivity index (χ1n) is 14.7. The van der Waals surface area contributed by atoms with Gasteiger partial charge in [0.15, 0.2) is 0 Å². The highest BCUT2D eigenvalue weighted by molar-refractivity contribution is 5.02. The molecule has 1 saturated carbocycles. The van der Waals surface area contributed by atoms with Gasteiger partial charge in [0.1, 0.15) is 0 Å². The third kappa shape index (κ3) is 5.34. The van der Waals surface area contributed by atoms with Gasteiger partial charge in [0, 0.05) is 49.3 Å². The summed E-state index contributed by atoms with van der Waals surface area (Å²) in [7, 11) is 0. The molecule has 0 radical (unpaired) electrons. The lowest BCUT2D eigenvalue weighted by molar-refractivity contribution is -0.0103. The molecule has 5 fully saturated rings. The first-order valence-corrected chi connectivity index (χ1v) is 14.7. The zero-order valence-corrected chi connectivity index (χ0v) is 22.7. The predicted octanol–water partition coefficient (Wildman–Crippen LogP) is 4.94. The van der Waals surface area contributed by atoms with E-state index in [0.29, 0.717) is 11.1 Å². The molecule has 0 N–H and O–H groups in total. The fourth-order valence-electron chi connectivity index (χ4n) is 8.58. The molecule has 190 valence electrons. The van der Waals surface area contributed by atoms with E-state index < -0.39 is 0 Å². The minimum Gasteiger partial charge on any atom is -0.300 e. The van der Waals surface area contributed by atoms with E-state index in [1.165, 1.54) is 110 Å². The van der Waals surface area contributed by atoms with Crippen LogP contribution < -0.4 is 0 Å². The van der Waals surface area contributed by atoms with E-state index in [1.54, 1.807) is 0 Å². The Kier molecular flexibility index (Phi) is 7.22. The molecule has 4 aliphatic heterocycles. The fraction of sp³-hybridized carbons (Fsp3) is 1.00. The minimum absolute atomic E-state index is 0.339. The molecule has 2 bridgehead atoms. The van der Waals surface area contributed by atoms with Crippen LogP contribution in [0, 0.1) is 17.8 Å². The number of fused-ring (bicyclic) bond motifs is 2. The summed E-state index contributed by atoms with van der Waals surface area (Å²) < 4.78 is 0. The zero-order chi connectivity index (χ0) is 23.2. The van der Waals surface area contributed by atoms with E-state index in [-0.39, 0.29) is 0 Å². The predicted molar refractivity (Wildman–Crippen MR) is 140 cm³/mol. The molecule has 0 spiro atoms. The molecule has 4 heterocycles. The van der Waals surface area contributed by atoms with Crippen LogP contribution in [-0.2, 0) is 0 Å². The summed E-state index contributed by atoms with van der Waals surface area (Å²) in [6, 6.07) is 1.77. The molecule has 33 heavy (non-hydrogen) atoms. The molecule has 4 saturated heterocycles. The normalized spacial score (nSPS) is 35.0. The van der Waals surface area contributed by atoms with Gasteiger partial charge in [-0.1, -0.05) is 0 Å². The summed E-state index contributed by atoms with van der Waals surface area (Å²) in [5.74, 6) is 2.82. The molecule has 0 aromatic rings. The smallest absolute Gasteiger partial charge is 0.0176 e. The van der Waals surface area contributed by atoms with E-state index in [9.17, 15) is 0 Å². The van der Waals surface area contributed by atoms with Gasteiger partial charge in [-0.15, -0.1) is 0 Å². The van der Waals surface area contributed by atoms with Crippen LogP contribution in [0.25, 0.3) is 0 Å². The molecule has 5 aliphatic rings. The first-order chi connectivity index (χ1) is 15.7. The summed E-state index contributed by atoms with van der Waals surface area (Å²) in [5.41, 5.74) is 0.716. The van der Waals surface area contributed by atoms with Gasteiger partial charge < -0.3 is 4.90 Å². The van der Waals surface area contributed by atoms with Crippen LogP contribution in [0.3, 0.4) is 0 Å². The Morgan fingerprint density at radius 1 is 0.606 bits per heavy atom. The zero-order valence-electron chi connectivity index (χ0n) is 22.7. The SMILES string of the molecule is CC(C)(C)N1CCC(N2CCC(CC(C)(C)N3CC4CCC(C3)C4N3CCCC3)CC2)CC1. The van der Waals surface area contributed by atoms with E-state index in [4.69, 9.17) is 0 Å². The number of rotatable bonds is 5. The van der Waals surface area contributed by atoms with Crippen LogP contribution in [0.15, 0.2) is 0 Å². The molecule has 2 atom stereocenters. The van der Waals surface area contributed by atoms with Crippen molar-refractivity contribution in [3.05, 3.63) is 0 Å². The first kappa shape index (κ1) is 24.5. The Hall–Kier alpha value is -0.160. The maximum Gasteiger partial charge on any atom is 0.0176 e. The second kappa shape index (κ2) is 9.71. The highest BCUT2D eigenvalue weighted by Crippen LogP contribution is 2.44. The Bertz CT molecular complexity index is 618. The highest BCUT2D eigenvalue weighted by Gasteiger charge is 2.48. The molecule has 5 rings (SSSR count). The highest BCUT2D eigenvalue weighted by atomic mass is 15.3. The monoisotopic (exact) mass is 458 g/mol. The standard InChI is InChI=1S/C29H54N4/c1-28(2,3)32-18-12-26(13-19-32)30-16-10-23(11-17-30)20-29(4,5)33-21-24-8-9-25(22-33)27(24)31-14-6-7-15-31/h23-27H,6-22H2,1-5H3. The second-order valence-corrected chi connectivity index (χ2v) is 14.1. The van der Waals surface area contributed by atoms with E-state index in [0.717, 1.165) is 29.8 Å². The molecule has 4 heteroatoms. The Balaban J connectivity index is 1.09. The Morgan fingerprint density at radius 2 is 1.18 bits per heavy atom. The van der Waals surface area contributed by atoms with Crippen molar-refractivity contribution in [3.8, 4) is 0 Å². The van der Waals surface area contributed by atoms with Crippen LogP contribution in [0.4, 0.5) is 0 Å². The molecule has 4 nitrogen and oxygen atoms in total. The van der Waals surface area contributed by atoms with Gasteiger partial charge in [0.05, 0.1) is 0 Å². The quantitative estimate of drug-likeness (QED) is 0.579. The summed E-state index contributed by atoms with van der Waals surface area (Å²) >= 11 is 0. The van der Waals surface area contributed by atoms with Gasteiger partial charge in [0.25, 0.3) is 0 Å². The van der Waals surface area contributed by atoms with E-state index in [1.807, 2.05) is 0 Å². The topological polar surface area (TPSA) is 13.0 Å². The minimum atomic E-state index is 0.339. The maximum absolute atomic E-state index is 2.94. The number of nitrogens with zero attached hydrogens (tertiary/aromatic N) is 4. The van der Waals surface area contributed by atoms with E-state index >= 15 is 0 Å². The third-order valence-corrected chi connectivity index (χ3v) is 10.6. The van der Waals surface area contributed by atoms with Crippen LogP contribution in [0.2, 0.25) is 0 Å². The largest absolute Gasteiger partial charge is 0.300 e. The average molecular weight is 459 g/mol. The van der Waals surface area contributed by atoms with Gasteiger partial charge >= 0.3 is 0 Å². The molecule has 0 aromatic carbocycles. The van der Waals surface area contributed by atoms with Crippen molar-refractivity contribution in [3.63, 3.8) is 0 Å². The molecular weight excluding hydrogens is 404 g/mol. The van der Waals surface area contributed by atoms with Gasteiger partial charge in [0.2, 0.25) is 0 Å². The lowest BCUT2D eigenvalue weighted by atomic mass is 9.80. The Morgan fingerprint density at radius 3 is 1.73 bits per heavy atom. The van der Waals surface area contributed by atoms with Gasteiger partial charge in [-0.2, -0.15) is 0 Å². The summed E-state index contributed by atoms with van der Waals surface area (Å²) in [4.78, 5) is 11.4. The number of hydrogen-bond donors (Lipinski definition) is 0. The van der Waals surface area contributed by atoms with Crippen LogP contribution in [-0.4, -0.2) is 95.1 Å². The average Bonchev–Trinajstić information content (AvgIpc) is 3.39. The van der Waals surface area contributed by atoms with Crippen LogP contribution >= 0.6 is 0 Å². The van der Waals surface area contributed by atoms with Crippen molar-refractivity contribution in [2.24, 2.45) is 17.8 Å². The molecule has 0 aromatic heterocycles. The van der Waals surface area contributed by atoms with Crippen LogP contribution in [0.5, 0.6) is 0 Å². The third-order valence-electron chi connectivity index (χ3n) is 10.6. The van der Waals surface area contributed by atoms with Gasteiger partial charge in [-0.3, -0.25) is 14.7 Å². The Labute approximate surface area is 205 Å². The van der Waals surface area contributed by atoms with Crippen molar-refractivity contribution < 1.29 is 0 Å². The number of hydrogen-bond acceptors (Lipinski definition) is 4. The van der Waals surface area contributed by atoms with Gasteiger partial charge in [-0.05, 0) is 136 Å². The maximum atomic E-state index is 2.94.